The molecule has 0 amide bonds. The summed E-state index contributed by atoms with van der Waals surface area (Å²) in [6.07, 6.45) is 0.748. The Bertz CT molecular complexity index is 2140. The average molecular weight is 471 g/mol. The largest absolute Gasteiger partial charge is 0.497 e. The van der Waals surface area contributed by atoms with Crippen molar-refractivity contribution in [3.63, 3.8) is 0 Å². The van der Waals surface area contributed by atoms with E-state index in [0.717, 1.165) is 60.5 Å². The Morgan fingerprint density at radius 2 is 1.06 bits per heavy atom. The predicted molar refractivity (Wildman–Crippen MR) is 149 cm³/mol. The van der Waals surface area contributed by atoms with E-state index in [4.69, 9.17) is 9.47 Å². The summed E-state index contributed by atoms with van der Waals surface area (Å²) in [6.45, 7) is 2.08. The molecule has 0 radical (unpaired) electrons. The van der Waals surface area contributed by atoms with E-state index in [1.165, 1.54) is 0 Å². The Hall–Kier alpha value is -4.44. The van der Waals surface area contributed by atoms with Crippen molar-refractivity contribution < 1.29 is 9.47 Å². The zero-order chi connectivity index (χ0) is 24.7. The molecule has 0 saturated heterocycles. The minimum atomic E-state index is 0.000423. The number of hydrogen-bond acceptors (Lipinski definition) is 4. The monoisotopic (exact) mass is 470 g/mol. The van der Waals surface area contributed by atoms with E-state index < -0.39 is 0 Å². The Morgan fingerprint density at radius 1 is 0.528 bits per heavy atom. The van der Waals surface area contributed by atoms with Gasteiger partial charge < -0.3 is 9.47 Å². The van der Waals surface area contributed by atoms with Gasteiger partial charge in [0.1, 0.15) is 11.5 Å². The highest BCUT2D eigenvalue weighted by atomic mass is 16.5. The first-order valence-electron chi connectivity index (χ1n) is 12.1. The summed E-state index contributed by atoms with van der Waals surface area (Å²) in [7, 11) is 3.26. The third-order valence-electron chi connectivity index (χ3n) is 7.73. The molecule has 174 valence electrons. The molecule has 0 aromatic heterocycles. The van der Waals surface area contributed by atoms with Gasteiger partial charge in [0.15, 0.2) is 10.9 Å². The van der Waals surface area contributed by atoms with Crippen LogP contribution in [0.25, 0.3) is 64.6 Å². The maximum absolute atomic E-state index is 14.0. The van der Waals surface area contributed by atoms with Crippen LogP contribution in [0.3, 0.4) is 0 Å². The molecule has 7 rings (SSSR count). The van der Waals surface area contributed by atoms with Crippen LogP contribution in [0.4, 0.5) is 0 Å². The van der Waals surface area contributed by atoms with Crippen molar-refractivity contribution in [2.24, 2.45) is 0 Å². The van der Waals surface area contributed by atoms with E-state index in [1.54, 1.807) is 14.2 Å². The second-order valence-corrected chi connectivity index (χ2v) is 9.34. The number of fused-ring (bicyclic) bond motifs is 6. The lowest BCUT2D eigenvalue weighted by Crippen LogP contribution is -2.08. The molecule has 0 bridgehead atoms. The van der Waals surface area contributed by atoms with Gasteiger partial charge in [0.05, 0.1) is 14.2 Å². The molecular weight excluding hydrogens is 448 g/mol. The number of rotatable bonds is 3. The van der Waals surface area contributed by atoms with Gasteiger partial charge in [-0.1, -0.05) is 37.3 Å². The van der Waals surface area contributed by atoms with Crippen LogP contribution in [0.15, 0.2) is 76.3 Å². The van der Waals surface area contributed by atoms with Crippen LogP contribution in [-0.2, 0) is 6.42 Å². The van der Waals surface area contributed by atoms with Crippen LogP contribution in [0.2, 0.25) is 0 Å². The van der Waals surface area contributed by atoms with Crippen molar-refractivity contribution in [1.29, 1.82) is 0 Å². The molecule has 0 saturated carbocycles. The fourth-order valence-electron chi connectivity index (χ4n) is 6.11. The van der Waals surface area contributed by atoms with Crippen molar-refractivity contribution in [2.45, 2.75) is 13.3 Å². The Labute approximate surface area is 206 Å². The highest BCUT2D eigenvalue weighted by molar-refractivity contribution is 6.41. The van der Waals surface area contributed by atoms with E-state index in [-0.39, 0.29) is 10.9 Å². The molecule has 0 aliphatic carbocycles. The molecule has 7 aromatic rings. The zero-order valence-corrected chi connectivity index (χ0v) is 20.2. The molecule has 36 heavy (non-hydrogen) atoms. The lowest BCUT2D eigenvalue weighted by atomic mass is 9.83. The summed E-state index contributed by atoms with van der Waals surface area (Å²) in [5, 5.41) is 10.2. The molecule has 0 atom stereocenters. The summed E-state index contributed by atoms with van der Waals surface area (Å²) >= 11 is 0. The van der Waals surface area contributed by atoms with Gasteiger partial charge in [0.2, 0.25) is 0 Å². The molecule has 0 aliphatic heterocycles. The summed E-state index contributed by atoms with van der Waals surface area (Å²) in [4.78, 5) is 27.7. The minimum absolute atomic E-state index is 0.000423. The van der Waals surface area contributed by atoms with Crippen molar-refractivity contribution in [1.82, 2.24) is 0 Å². The fraction of sp³-hybridized carbons (Fsp3) is 0.125. The number of ether oxygens (including phenoxy) is 2. The number of benzene rings is 7. The van der Waals surface area contributed by atoms with Gasteiger partial charge in [-0.2, -0.15) is 0 Å². The minimum Gasteiger partial charge on any atom is -0.497 e. The Balaban J connectivity index is 1.94. The summed E-state index contributed by atoms with van der Waals surface area (Å²) in [6, 6.07) is 21.3. The van der Waals surface area contributed by atoms with Crippen molar-refractivity contribution in [3.05, 3.63) is 92.7 Å². The first-order valence-corrected chi connectivity index (χ1v) is 12.1. The normalized spacial score (nSPS) is 12.1. The lowest BCUT2D eigenvalue weighted by molar-refractivity contribution is 0.415. The van der Waals surface area contributed by atoms with Crippen LogP contribution in [0.1, 0.15) is 12.5 Å². The van der Waals surface area contributed by atoms with E-state index in [1.807, 2.05) is 48.5 Å². The third kappa shape index (κ3) is 2.48. The molecule has 4 nitrogen and oxygen atoms in total. The Morgan fingerprint density at radius 3 is 1.69 bits per heavy atom. The van der Waals surface area contributed by atoms with Crippen LogP contribution in [-0.4, -0.2) is 14.2 Å². The van der Waals surface area contributed by atoms with Crippen molar-refractivity contribution in [3.8, 4) is 11.5 Å². The molecule has 0 spiro atoms. The van der Waals surface area contributed by atoms with E-state index >= 15 is 0 Å². The SMILES string of the molecule is CCc1ccc2c3c1c(=O)c1ccc(OC)cc1c3c1cccc3c(=O)c4ccc(OC)cc4c2c31. The second-order valence-electron chi connectivity index (χ2n) is 9.34. The highest BCUT2D eigenvalue weighted by Gasteiger charge is 2.23. The van der Waals surface area contributed by atoms with E-state index in [2.05, 4.69) is 25.1 Å². The molecular formula is C32H22O4. The second kappa shape index (κ2) is 7.28. The van der Waals surface area contributed by atoms with Gasteiger partial charge in [0.25, 0.3) is 0 Å². The summed E-state index contributed by atoms with van der Waals surface area (Å²) < 4.78 is 11.1. The molecule has 0 aliphatic rings. The molecule has 7 aromatic carbocycles. The first kappa shape index (κ1) is 20.9. The van der Waals surface area contributed by atoms with Crippen LogP contribution in [0, 0.1) is 0 Å². The topological polar surface area (TPSA) is 52.6 Å². The number of hydrogen-bond donors (Lipinski definition) is 0. The highest BCUT2D eigenvalue weighted by Crippen LogP contribution is 2.45. The number of aryl methyl sites for hydroxylation is 1. The first-order chi connectivity index (χ1) is 17.6. The maximum Gasteiger partial charge on any atom is 0.194 e. The van der Waals surface area contributed by atoms with Gasteiger partial charge in [-0.05, 0) is 80.7 Å². The smallest absolute Gasteiger partial charge is 0.194 e. The van der Waals surface area contributed by atoms with Gasteiger partial charge >= 0.3 is 0 Å². The van der Waals surface area contributed by atoms with Crippen LogP contribution < -0.4 is 20.3 Å². The van der Waals surface area contributed by atoms with Crippen molar-refractivity contribution in [2.75, 3.05) is 14.2 Å². The Kier molecular flexibility index (Phi) is 4.23. The zero-order valence-electron chi connectivity index (χ0n) is 20.2. The fourth-order valence-corrected chi connectivity index (χ4v) is 6.11. The lowest BCUT2D eigenvalue weighted by Gasteiger charge is -2.19. The number of methoxy groups -OCH3 is 2. The van der Waals surface area contributed by atoms with Gasteiger partial charge in [-0.3, -0.25) is 9.59 Å². The standard InChI is InChI=1S/C32H22O4/c1-4-16-8-11-22-28-24-14-17(35-2)9-12-19(24)31(33)23-7-5-6-21(27(23)28)29-25-15-18(36-3)10-13-20(25)32(34)26(16)30(22)29/h5-15H,4H2,1-3H3. The van der Waals surface area contributed by atoms with E-state index in [9.17, 15) is 9.59 Å². The average Bonchev–Trinajstić information content (AvgIpc) is 2.93. The third-order valence-corrected chi connectivity index (χ3v) is 7.73. The molecule has 0 N–H and O–H groups in total. The molecule has 4 heteroatoms. The van der Waals surface area contributed by atoms with Gasteiger partial charge in [0, 0.05) is 32.3 Å². The maximum atomic E-state index is 14.0. The molecule has 0 heterocycles. The quantitative estimate of drug-likeness (QED) is 0.211. The molecule has 0 fully saturated rings. The van der Waals surface area contributed by atoms with Gasteiger partial charge in [-0.25, -0.2) is 0 Å². The predicted octanol–water partition coefficient (Wildman–Crippen LogP) is 6.78. The van der Waals surface area contributed by atoms with Crippen molar-refractivity contribution >= 4 is 64.6 Å². The van der Waals surface area contributed by atoms with Crippen LogP contribution >= 0.6 is 0 Å². The van der Waals surface area contributed by atoms with Crippen LogP contribution in [0.5, 0.6) is 11.5 Å². The molecule has 0 unspecified atom stereocenters. The summed E-state index contributed by atoms with van der Waals surface area (Å²) in [5.74, 6) is 1.38. The summed E-state index contributed by atoms with van der Waals surface area (Å²) in [5.41, 5.74) is 1.05. The van der Waals surface area contributed by atoms with Gasteiger partial charge in [-0.15, -0.1) is 0 Å². The van der Waals surface area contributed by atoms with E-state index in [0.29, 0.717) is 27.7 Å².